The molecule has 1 heterocycles. The van der Waals surface area contributed by atoms with Gasteiger partial charge in [-0.3, -0.25) is 0 Å². The van der Waals surface area contributed by atoms with E-state index in [9.17, 15) is 8.42 Å². The first-order valence-electron chi connectivity index (χ1n) is 8.66. The topological polar surface area (TPSA) is 46.6 Å². The van der Waals surface area contributed by atoms with Crippen molar-refractivity contribution in [3.63, 3.8) is 0 Å². The molecule has 0 aliphatic carbocycles. The lowest BCUT2D eigenvalue weighted by Gasteiger charge is -2.42. The fourth-order valence-electron chi connectivity index (χ4n) is 3.41. The van der Waals surface area contributed by atoms with E-state index in [0.29, 0.717) is 18.0 Å². The molecule has 0 unspecified atom stereocenters. The van der Waals surface area contributed by atoms with Crippen LogP contribution in [0.1, 0.15) is 31.1 Å². The Kier molecular flexibility index (Phi) is 5.27. The third kappa shape index (κ3) is 3.64. The van der Waals surface area contributed by atoms with Crippen molar-refractivity contribution in [2.75, 3.05) is 13.2 Å². The smallest absolute Gasteiger partial charge is 0.243 e. The first kappa shape index (κ1) is 18.1. The number of aryl methyl sites for hydroxylation is 1. The van der Waals surface area contributed by atoms with Gasteiger partial charge in [0, 0.05) is 6.54 Å². The first-order valence-corrected chi connectivity index (χ1v) is 10.1. The highest BCUT2D eigenvalue weighted by atomic mass is 32.2. The molecule has 2 atom stereocenters. The van der Waals surface area contributed by atoms with Crippen molar-refractivity contribution in [1.29, 1.82) is 0 Å². The van der Waals surface area contributed by atoms with Gasteiger partial charge in [-0.15, -0.1) is 0 Å². The summed E-state index contributed by atoms with van der Waals surface area (Å²) >= 11 is 0. The monoisotopic (exact) mass is 359 g/mol. The van der Waals surface area contributed by atoms with Crippen molar-refractivity contribution >= 4 is 10.0 Å². The molecular weight excluding hydrogens is 334 g/mol. The maximum Gasteiger partial charge on any atom is 0.243 e. The van der Waals surface area contributed by atoms with Gasteiger partial charge in [0.2, 0.25) is 10.0 Å². The molecule has 25 heavy (non-hydrogen) atoms. The molecule has 5 heteroatoms. The van der Waals surface area contributed by atoms with Gasteiger partial charge in [-0.2, -0.15) is 4.31 Å². The number of nitrogens with zero attached hydrogens (tertiary/aromatic N) is 1. The van der Waals surface area contributed by atoms with Gasteiger partial charge in [0.05, 0.1) is 23.6 Å². The molecule has 1 saturated heterocycles. The number of ether oxygens (including phenoxy) is 1. The minimum absolute atomic E-state index is 0.130. The SMILES string of the molecule is Cc1ccc(S(=O)(=O)N2CCO[C@H](c3ccccc3)[C@@H]2C(C)C)cc1. The Morgan fingerprint density at radius 3 is 2.28 bits per heavy atom. The maximum absolute atomic E-state index is 13.3. The third-order valence-corrected chi connectivity index (χ3v) is 6.60. The summed E-state index contributed by atoms with van der Waals surface area (Å²) in [6, 6.07) is 16.7. The molecule has 0 N–H and O–H groups in total. The van der Waals surface area contributed by atoms with Gasteiger partial charge in [-0.05, 0) is 30.5 Å². The van der Waals surface area contributed by atoms with Crippen molar-refractivity contribution in [1.82, 2.24) is 4.31 Å². The van der Waals surface area contributed by atoms with E-state index in [1.165, 1.54) is 0 Å². The van der Waals surface area contributed by atoms with Crippen molar-refractivity contribution in [2.45, 2.75) is 37.8 Å². The molecule has 2 aromatic carbocycles. The van der Waals surface area contributed by atoms with Gasteiger partial charge in [0.15, 0.2) is 0 Å². The Hall–Kier alpha value is -1.69. The van der Waals surface area contributed by atoms with Crippen molar-refractivity contribution in [3.8, 4) is 0 Å². The van der Waals surface area contributed by atoms with E-state index in [0.717, 1.165) is 11.1 Å². The van der Waals surface area contributed by atoms with Crippen LogP contribution in [0.3, 0.4) is 0 Å². The number of morpholine rings is 1. The lowest BCUT2D eigenvalue weighted by molar-refractivity contribution is -0.0565. The van der Waals surface area contributed by atoms with Crippen LogP contribution in [-0.4, -0.2) is 31.9 Å². The van der Waals surface area contributed by atoms with Gasteiger partial charge in [0.25, 0.3) is 0 Å². The maximum atomic E-state index is 13.3. The second-order valence-corrected chi connectivity index (χ2v) is 8.76. The van der Waals surface area contributed by atoms with Gasteiger partial charge in [-0.1, -0.05) is 61.9 Å². The van der Waals surface area contributed by atoms with Crippen molar-refractivity contribution < 1.29 is 13.2 Å². The standard InChI is InChI=1S/C20H25NO3S/c1-15(2)19-20(17-7-5-4-6-8-17)24-14-13-21(19)25(22,23)18-11-9-16(3)10-12-18/h4-12,15,19-20H,13-14H2,1-3H3/t19-,20+/m0/s1. The molecular formula is C20H25NO3S. The zero-order valence-corrected chi connectivity index (χ0v) is 15.7. The third-order valence-electron chi connectivity index (χ3n) is 4.69. The quantitative estimate of drug-likeness (QED) is 0.834. The number of hydrogen-bond acceptors (Lipinski definition) is 3. The molecule has 1 aliphatic heterocycles. The fourth-order valence-corrected chi connectivity index (χ4v) is 5.15. The van der Waals surface area contributed by atoms with Gasteiger partial charge < -0.3 is 4.74 Å². The predicted molar refractivity (Wildman–Crippen MR) is 98.8 cm³/mol. The van der Waals surface area contributed by atoms with E-state index in [-0.39, 0.29) is 18.1 Å². The predicted octanol–water partition coefficient (Wildman–Crippen LogP) is 3.78. The van der Waals surface area contributed by atoms with E-state index >= 15 is 0 Å². The Labute approximate surface area is 150 Å². The highest BCUT2D eigenvalue weighted by molar-refractivity contribution is 7.89. The number of hydrogen-bond donors (Lipinski definition) is 0. The molecule has 0 bridgehead atoms. The van der Waals surface area contributed by atoms with Crippen molar-refractivity contribution in [3.05, 3.63) is 65.7 Å². The Morgan fingerprint density at radius 1 is 1.04 bits per heavy atom. The summed E-state index contributed by atoms with van der Waals surface area (Å²) in [7, 11) is -3.56. The van der Waals surface area contributed by atoms with Crippen LogP contribution in [0.4, 0.5) is 0 Å². The second-order valence-electron chi connectivity index (χ2n) is 6.87. The molecule has 1 aliphatic rings. The molecule has 2 aromatic rings. The Balaban J connectivity index is 2.00. The molecule has 0 spiro atoms. The summed E-state index contributed by atoms with van der Waals surface area (Å²) < 4.78 is 34.2. The first-order chi connectivity index (χ1) is 11.9. The summed E-state index contributed by atoms with van der Waals surface area (Å²) in [6.45, 7) is 6.82. The zero-order valence-electron chi connectivity index (χ0n) is 14.9. The Morgan fingerprint density at radius 2 is 1.68 bits per heavy atom. The molecule has 3 rings (SSSR count). The van der Waals surface area contributed by atoms with E-state index in [4.69, 9.17) is 4.74 Å². The van der Waals surface area contributed by atoms with Gasteiger partial charge in [0.1, 0.15) is 0 Å². The van der Waals surface area contributed by atoms with E-state index in [2.05, 4.69) is 0 Å². The molecule has 0 saturated carbocycles. The van der Waals surface area contributed by atoms with Crippen LogP contribution in [0.25, 0.3) is 0 Å². The molecule has 0 aromatic heterocycles. The number of rotatable bonds is 4. The van der Waals surface area contributed by atoms with E-state index in [1.807, 2.05) is 63.2 Å². The minimum atomic E-state index is -3.56. The lowest BCUT2D eigenvalue weighted by atomic mass is 9.92. The molecule has 1 fully saturated rings. The minimum Gasteiger partial charge on any atom is -0.370 e. The molecule has 0 radical (unpaired) electrons. The summed E-state index contributed by atoms with van der Waals surface area (Å²) in [6.07, 6.45) is -0.254. The lowest BCUT2D eigenvalue weighted by Crippen LogP contribution is -2.52. The van der Waals surface area contributed by atoms with Gasteiger partial charge >= 0.3 is 0 Å². The highest BCUT2D eigenvalue weighted by Gasteiger charge is 2.42. The summed E-state index contributed by atoms with van der Waals surface area (Å²) in [4.78, 5) is 0.345. The van der Waals surface area contributed by atoms with Gasteiger partial charge in [-0.25, -0.2) is 8.42 Å². The molecule has 0 amide bonds. The van der Waals surface area contributed by atoms with Crippen LogP contribution in [0, 0.1) is 12.8 Å². The fraction of sp³-hybridized carbons (Fsp3) is 0.400. The van der Waals surface area contributed by atoms with Crippen molar-refractivity contribution in [2.24, 2.45) is 5.92 Å². The summed E-state index contributed by atoms with van der Waals surface area (Å²) in [5, 5.41) is 0. The largest absolute Gasteiger partial charge is 0.370 e. The van der Waals surface area contributed by atoms with Crippen LogP contribution in [0.2, 0.25) is 0 Å². The number of sulfonamides is 1. The number of benzene rings is 2. The summed E-state index contributed by atoms with van der Waals surface area (Å²) in [5.74, 6) is 0.130. The summed E-state index contributed by atoms with van der Waals surface area (Å²) in [5.41, 5.74) is 2.06. The highest BCUT2D eigenvalue weighted by Crippen LogP contribution is 2.36. The van der Waals surface area contributed by atoms with E-state index < -0.39 is 10.0 Å². The van der Waals surface area contributed by atoms with Crippen LogP contribution < -0.4 is 0 Å². The van der Waals surface area contributed by atoms with Crippen LogP contribution in [0.15, 0.2) is 59.5 Å². The van der Waals surface area contributed by atoms with Crippen LogP contribution in [-0.2, 0) is 14.8 Å². The second kappa shape index (κ2) is 7.28. The van der Waals surface area contributed by atoms with Crippen LogP contribution >= 0.6 is 0 Å². The zero-order chi connectivity index (χ0) is 18.0. The normalized spacial score (nSPS) is 22.2. The average molecular weight is 359 g/mol. The van der Waals surface area contributed by atoms with E-state index in [1.54, 1.807) is 16.4 Å². The Bertz CT molecular complexity index is 801. The average Bonchev–Trinajstić information content (AvgIpc) is 2.62. The molecule has 4 nitrogen and oxygen atoms in total. The molecule has 134 valence electrons. The van der Waals surface area contributed by atoms with Crippen LogP contribution in [0.5, 0.6) is 0 Å².